The van der Waals surface area contributed by atoms with E-state index in [1.807, 2.05) is 13.1 Å². The predicted octanol–water partition coefficient (Wildman–Crippen LogP) is 2.82. The second kappa shape index (κ2) is 4.65. The summed E-state index contributed by atoms with van der Waals surface area (Å²) in [7, 11) is 3.77. The van der Waals surface area contributed by atoms with Crippen LogP contribution >= 0.6 is 0 Å². The molecule has 0 saturated carbocycles. The van der Waals surface area contributed by atoms with Gasteiger partial charge in [-0.15, -0.1) is 0 Å². The van der Waals surface area contributed by atoms with Crippen molar-refractivity contribution in [2.45, 2.75) is 25.2 Å². The highest BCUT2D eigenvalue weighted by Gasteiger charge is 2.24. The van der Waals surface area contributed by atoms with Crippen molar-refractivity contribution in [1.82, 2.24) is 10.3 Å². The number of para-hydroxylation sites is 1. The monoisotopic (exact) mass is 244 g/mol. The van der Waals surface area contributed by atoms with Crippen LogP contribution in [-0.4, -0.2) is 25.7 Å². The third-order valence-electron chi connectivity index (χ3n) is 3.98. The lowest BCUT2D eigenvalue weighted by Gasteiger charge is -2.22. The van der Waals surface area contributed by atoms with E-state index in [-0.39, 0.29) is 0 Å². The number of rotatable bonds is 3. The lowest BCUT2D eigenvalue weighted by molar-refractivity contribution is 0.419. The molecule has 1 heterocycles. The van der Waals surface area contributed by atoms with E-state index in [9.17, 15) is 0 Å². The number of aromatic nitrogens is 1. The van der Waals surface area contributed by atoms with E-state index in [4.69, 9.17) is 4.74 Å². The van der Waals surface area contributed by atoms with Crippen LogP contribution in [0.15, 0.2) is 18.2 Å². The van der Waals surface area contributed by atoms with Crippen molar-refractivity contribution in [2.75, 3.05) is 20.7 Å². The first-order valence-corrected chi connectivity index (χ1v) is 6.67. The normalized spacial score (nSPS) is 18.9. The topological polar surface area (TPSA) is 37.0 Å². The van der Waals surface area contributed by atoms with Crippen molar-refractivity contribution in [1.29, 1.82) is 0 Å². The van der Waals surface area contributed by atoms with Crippen LogP contribution < -0.4 is 10.1 Å². The number of ether oxygens (including phenoxy) is 1. The Morgan fingerprint density at radius 3 is 3.11 bits per heavy atom. The molecule has 1 aliphatic carbocycles. The van der Waals surface area contributed by atoms with Crippen LogP contribution in [0.3, 0.4) is 0 Å². The molecule has 2 N–H and O–H groups in total. The molecule has 0 amide bonds. The smallest absolute Gasteiger partial charge is 0.142 e. The van der Waals surface area contributed by atoms with Crippen LogP contribution in [0.2, 0.25) is 0 Å². The number of fused-ring (bicyclic) bond motifs is 3. The zero-order valence-corrected chi connectivity index (χ0v) is 11.0. The Morgan fingerprint density at radius 1 is 1.44 bits per heavy atom. The van der Waals surface area contributed by atoms with Crippen molar-refractivity contribution < 1.29 is 4.74 Å². The number of hydrogen-bond donors (Lipinski definition) is 2. The molecular formula is C15H20N2O. The molecule has 0 saturated heterocycles. The van der Waals surface area contributed by atoms with E-state index >= 15 is 0 Å². The highest BCUT2D eigenvalue weighted by Crippen LogP contribution is 2.39. The first kappa shape index (κ1) is 11.6. The van der Waals surface area contributed by atoms with E-state index in [1.54, 1.807) is 7.11 Å². The number of methoxy groups -OCH3 is 1. The van der Waals surface area contributed by atoms with Crippen molar-refractivity contribution in [2.24, 2.45) is 0 Å². The van der Waals surface area contributed by atoms with Gasteiger partial charge in [0.05, 0.1) is 12.6 Å². The molecule has 18 heavy (non-hydrogen) atoms. The van der Waals surface area contributed by atoms with Gasteiger partial charge in [-0.25, -0.2) is 0 Å². The maximum absolute atomic E-state index is 5.45. The summed E-state index contributed by atoms with van der Waals surface area (Å²) in [6.45, 7) is 1.05. The number of aryl methyl sites for hydroxylation is 1. The molecule has 1 atom stereocenters. The zero-order valence-electron chi connectivity index (χ0n) is 11.0. The number of likely N-dealkylation sites (N-methyl/N-ethyl adjacent to an activating group) is 1. The Labute approximate surface area is 108 Å². The fourth-order valence-electron chi connectivity index (χ4n) is 3.22. The summed E-state index contributed by atoms with van der Waals surface area (Å²) in [5.41, 5.74) is 4.07. The van der Waals surface area contributed by atoms with E-state index in [2.05, 4.69) is 22.4 Å². The molecule has 0 aliphatic heterocycles. The van der Waals surface area contributed by atoms with Gasteiger partial charge in [0.2, 0.25) is 0 Å². The summed E-state index contributed by atoms with van der Waals surface area (Å²) < 4.78 is 5.45. The van der Waals surface area contributed by atoms with E-state index in [0.29, 0.717) is 5.92 Å². The predicted molar refractivity (Wildman–Crippen MR) is 74.5 cm³/mol. The summed E-state index contributed by atoms with van der Waals surface area (Å²) in [5.74, 6) is 1.57. The summed E-state index contributed by atoms with van der Waals surface area (Å²) in [6, 6.07) is 6.32. The van der Waals surface area contributed by atoms with Crippen molar-refractivity contribution >= 4 is 10.9 Å². The average Bonchev–Trinajstić information content (AvgIpc) is 2.78. The van der Waals surface area contributed by atoms with Gasteiger partial charge in [0, 0.05) is 17.6 Å². The molecule has 1 aliphatic rings. The van der Waals surface area contributed by atoms with Crippen LogP contribution in [0.5, 0.6) is 5.75 Å². The Bertz CT molecular complexity index is 559. The van der Waals surface area contributed by atoms with Crippen molar-refractivity contribution in [3.05, 3.63) is 29.5 Å². The molecule has 0 fully saturated rings. The molecule has 1 aromatic carbocycles. The summed E-state index contributed by atoms with van der Waals surface area (Å²) >= 11 is 0. The standard InChI is InChI=1S/C15H20N2O/c1-16-9-10-5-3-7-12-14(10)11-6-4-8-13(18-2)15(11)17-12/h4,6,8,10,16-17H,3,5,7,9H2,1-2H3. The van der Waals surface area contributed by atoms with Gasteiger partial charge in [0.1, 0.15) is 5.75 Å². The first-order valence-electron chi connectivity index (χ1n) is 6.67. The van der Waals surface area contributed by atoms with Crippen LogP contribution in [-0.2, 0) is 6.42 Å². The van der Waals surface area contributed by atoms with Gasteiger partial charge in [0.15, 0.2) is 0 Å². The van der Waals surface area contributed by atoms with Gasteiger partial charge in [0.25, 0.3) is 0 Å². The molecule has 3 heteroatoms. The Kier molecular flexibility index (Phi) is 3.00. The Morgan fingerprint density at radius 2 is 2.33 bits per heavy atom. The summed E-state index contributed by atoms with van der Waals surface area (Å²) in [5, 5.41) is 4.65. The molecule has 0 spiro atoms. The molecule has 96 valence electrons. The van der Waals surface area contributed by atoms with Gasteiger partial charge >= 0.3 is 0 Å². The molecular weight excluding hydrogens is 224 g/mol. The van der Waals surface area contributed by atoms with Crippen LogP contribution in [0.1, 0.15) is 30.0 Å². The summed E-state index contributed by atoms with van der Waals surface area (Å²) in [4.78, 5) is 3.57. The van der Waals surface area contributed by atoms with Gasteiger partial charge < -0.3 is 15.0 Å². The van der Waals surface area contributed by atoms with Crippen LogP contribution in [0.4, 0.5) is 0 Å². The first-order chi connectivity index (χ1) is 8.85. The number of nitrogens with one attached hydrogen (secondary N) is 2. The molecule has 1 unspecified atom stereocenters. The zero-order chi connectivity index (χ0) is 12.5. The highest BCUT2D eigenvalue weighted by molar-refractivity contribution is 5.90. The van der Waals surface area contributed by atoms with Gasteiger partial charge in [-0.3, -0.25) is 0 Å². The average molecular weight is 244 g/mol. The summed E-state index contributed by atoms with van der Waals surface area (Å²) in [6.07, 6.45) is 3.71. The van der Waals surface area contributed by atoms with Crippen LogP contribution in [0, 0.1) is 0 Å². The van der Waals surface area contributed by atoms with E-state index < -0.39 is 0 Å². The SMILES string of the molecule is CNCC1CCCc2[nH]c3c(OC)cccc3c21. The molecule has 0 bridgehead atoms. The molecule has 3 nitrogen and oxygen atoms in total. The number of benzene rings is 1. The maximum atomic E-state index is 5.45. The maximum Gasteiger partial charge on any atom is 0.142 e. The lowest BCUT2D eigenvalue weighted by atomic mass is 9.85. The Balaban J connectivity index is 2.19. The third-order valence-corrected chi connectivity index (χ3v) is 3.98. The number of H-pyrrole nitrogens is 1. The molecule has 0 radical (unpaired) electrons. The molecule has 1 aromatic heterocycles. The van der Waals surface area contributed by atoms with Crippen molar-refractivity contribution in [3.63, 3.8) is 0 Å². The molecule has 2 aromatic rings. The highest BCUT2D eigenvalue weighted by atomic mass is 16.5. The second-order valence-electron chi connectivity index (χ2n) is 5.05. The number of aromatic amines is 1. The van der Waals surface area contributed by atoms with Gasteiger partial charge in [-0.05, 0) is 43.9 Å². The van der Waals surface area contributed by atoms with Crippen LogP contribution in [0.25, 0.3) is 10.9 Å². The van der Waals surface area contributed by atoms with Gasteiger partial charge in [-0.1, -0.05) is 12.1 Å². The van der Waals surface area contributed by atoms with E-state index in [0.717, 1.165) is 24.2 Å². The lowest BCUT2D eigenvalue weighted by Crippen LogP contribution is -2.20. The number of hydrogen-bond acceptors (Lipinski definition) is 2. The molecule has 3 rings (SSSR count). The van der Waals surface area contributed by atoms with E-state index in [1.165, 1.54) is 29.5 Å². The second-order valence-corrected chi connectivity index (χ2v) is 5.05. The largest absolute Gasteiger partial charge is 0.495 e. The van der Waals surface area contributed by atoms with Crippen molar-refractivity contribution in [3.8, 4) is 5.75 Å². The quantitative estimate of drug-likeness (QED) is 0.871. The van der Waals surface area contributed by atoms with Gasteiger partial charge in [-0.2, -0.15) is 0 Å². The minimum atomic E-state index is 0.625. The fourth-order valence-corrected chi connectivity index (χ4v) is 3.22. The fraction of sp³-hybridized carbons (Fsp3) is 0.467. The Hall–Kier alpha value is -1.48. The minimum Gasteiger partial charge on any atom is -0.495 e. The minimum absolute atomic E-state index is 0.625. The third kappa shape index (κ3) is 1.70.